The van der Waals surface area contributed by atoms with Crippen LogP contribution in [-0.4, -0.2) is 31.2 Å². The lowest BCUT2D eigenvalue weighted by atomic mass is 10.1. The molecule has 19 heavy (non-hydrogen) atoms. The number of nitro benzene ring substituents is 1. The summed E-state index contributed by atoms with van der Waals surface area (Å²) in [4.78, 5) is 10.5. The highest BCUT2D eigenvalue weighted by atomic mass is 16.6. The Morgan fingerprint density at radius 2 is 2.32 bits per heavy atom. The van der Waals surface area contributed by atoms with Crippen molar-refractivity contribution in [2.45, 2.75) is 25.3 Å². The molecule has 1 aliphatic rings. The first-order valence-electron chi connectivity index (χ1n) is 6.39. The van der Waals surface area contributed by atoms with Gasteiger partial charge in [0, 0.05) is 6.04 Å². The third-order valence-electron chi connectivity index (χ3n) is 3.22. The number of ether oxygens (including phenoxy) is 2. The van der Waals surface area contributed by atoms with Crippen molar-refractivity contribution in [1.82, 2.24) is 5.32 Å². The molecule has 0 radical (unpaired) electrons. The van der Waals surface area contributed by atoms with Crippen molar-refractivity contribution in [3.63, 3.8) is 0 Å². The molecule has 1 fully saturated rings. The summed E-state index contributed by atoms with van der Waals surface area (Å²) >= 11 is 0. The van der Waals surface area contributed by atoms with E-state index in [0.29, 0.717) is 12.4 Å². The molecule has 0 amide bonds. The van der Waals surface area contributed by atoms with E-state index in [1.165, 1.54) is 26.0 Å². The van der Waals surface area contributed by atoms with Gasteiger partial charge in [0.15, 0.2) is 5.75 Å². The number of hydrogen-bond acceptors (Lipinski definition) is 5. The third-order valence-corrected chi connectivity index (χ3v) is 3.22. The summed E-state index contributed by atoms with van der Waals surface area (Å²) in [6, 6.07) is 4.90. The van der Waals surface area contributed by atoms with Crippen molar-refractivity contribution >= 4 is 5.69 Å². The van der Waals surface area contributed by atoms with Gasteiger partial charge in [-0.15, -0.1) is 0 Å². The van der Waals surface area contributed by atoms with Crippen LogP contribution in [0.5, 0.6) is 11.5 Å². The van der Waals surface area contributed by atoms with Gasteiger partial charge in [0.2, 0.25) is 0 Å². The van der Waals surface area contributed by atoms with Crippen molar-refractivity contribution < 1.29 is 14.4 Å². The molecular formula is C13H18N2O4. The highest BCUT2D eigenvalue weighted by molar-refractivity contribution is 5.50. The van der Waals surface area contributed by atoms with Gasteiger partial charge < -0.3 is 14.8 Å². The molecule has 0 saturated carbocycles. The van der Waals surface area contributed by atoms with Gasteiger partial charge >= 0.3 is 5.69 Å². The molecule has 0 aromatic heterocycles. The largest absolute Gasteiger partial charge is 0.496 e. The van der Waals surface area contributed by atoms with Crippen LogP contribution < -0.4 is 14.8 Å². The molecule has 1 aliphatic heterocycles. The van der Waals surface area contributed by atoms with Crippen molar-refractivity contribution in [3.05, 3.63) is 28.3 Å². The summed E-state index contributed by atoms with van der Waals surface area (Å²) in [5.41, 5.74) is -0.0600. The molecule has 6 nitrogen and oxygen atoms in total. The van der Waals surface area contributed by atoms with E-state index in [4.69, 9.17) is 9.47 Å². The van der Waals surface area contributed by atoms with Crippen LogP contribution in [0, 0.1) is 10.1 Å². The molecule has 1 unspecified atom stereocenters. The highest BCUT2D eigenvalue weighted by Gasteiger charge is 2.19. The zero-order chi connectivity index (χ0) is 13.7. The van der Waals surface area contributed by atoms with Gasteiger partial charge in [-0.3, -0.25) is 10.1 Å². The topological polar surface area (TPSA) is 73.6 Å². The monoisotopic (exact) mass is 266 g/mol. The quantitative estimate of drug-likeness (QED) is 0.652. The Bertz CT molecular complexity index is 444. The number of methoxy groups -OCH3 is 1. The second-order valence-corrected chi connectivity index (χ2v) is 4.55. The molecule has 1 aromatic rings. The molecule has 104 valence electrons. The maximum atomic E-state index is 11.0. The van der Waals surface area contributed by atoms with E-state index >= 15 is 0 Å². The fourth-order valence-electron chi connectivity index (χ4n) is 2.15. The van der Waals surface area contributed by atoms with Gasteiger partial charge in [0.25, 0.3) is 0 Å². The average molecular weight is 266 g/mol. The zero-order valence-corrected chi connectivity index (χ0v) is 10.9. The van der Waals surface area contributed by atoms with Gasteiger partial charge in [-0.05, 0) is 31.5 Å². The summed E-state index contributed by atoms with van der Waals surface area (Å²) in [7, 11) is 1.48. The standard InChI is InChI=1S/C13H18N2O4/c1-18-11-5-6-13(12(8-11)15(16)17)19-9-10-4-2-3-7-14-10/h5-6,8,10,14H,2-4,7,9H2,1H3. The van der Waals surface area contributed by atoms with E-state index < -0.39 is 4.92 Å². The van der Waals surface area contributed by atoms with Crippen LogP contribution >= 0.6 is 0 Å². The van der Waals surface area contributed by atoms with E-state index in [-0.39, 0.29) is 17.5 Å². The summed E-state index contributed by atoms with van der Waals surface area (Å²) < 4.78 is 10.6. The molecule has 1 atom stereocenters. The molecule has 2 rings (SSSR count). The van der Waals surface area contributed by atoms with E-state index in [1.54, 1.807) is 12.1 Å². The maximum absolute atomic E-state index is 11.0. The first-order valence-corrected chi connectivity index (χ1v) is 6.39. The normalized spacial score (nSPS) is 18.9. The van der Waals surface area contributed by atoms with Gasteiger partial charge in [0.1, 0.15) is 12.4 Å². The predicted molar refractivity (Wildman–Crippen MR) is 70.8 cm³/mol. The lowest BCUT2D eigenvalue weighted by Gasteiger charge is -2.23. The van der Waals surface area contributed by atoms with Crippen LogP contribution in [0.2, 0.25) is 0 Å². The molecule has 1 heterocycles. The minimum atomic E-state index is -0.452. The lowest BCUT2D eigenvalue weighted by molar-refractivity contribution is -0.386. The number of nitrogens with zero attached hydrogens (tertiary/aromatic N) is 1. The second kappa shape index (κ2) is 6.38. The van der Waals surface area contributed by atoms with Crippen LogP contribution in [0.15, 0.2) is 18.2 Å². The van der Waals surface area contributed by atoms with E-state index in [0.717, 1.165) is 13.0 Å². The average Bonchev–Trinajstić information content (AvgIpc) is 2.46. The van der Waals surface area contributed by atoms with Crippen LogP contribution in [0.25, 0.3) is 0 Å². The summed E-state index contributed by atoms with van der Waals surface area (Å²) in [5.74, 6) is 0.744. The van der Waals surface area contributed by atoms with Crippen LogP contribution in [-0.2, 0) is 0 Å². The van der Waals surface area contributed by atoms with Crippen LogP contribution in [0.3, 0.4) is 0 Å². The number of nitrogens with one attached hydrogen (secondary N) is 1. The first kappa shape index (κ1) is 13.6. The van der Waals surface area contributed by atoms with Gasteiger partial charge in [-0.25, -0.2) is 0 Å². The molecular weight excluding hydrogens is 248 g/mol. The number of nitro groups is 1. The Morgan fingerprint density at radius 1 is 1.47 bits per heavy atom. The van der Waals surface area contributed by atoms with E-state index in [2.05, 4.69) is 5.32 Å². The minimum Gasteiger partial charge on any atom is -0.496 e. The van der Waals surface area contributed by atoms with Gasteiger partial charge in [0.05, 0.1) is 18.1 Å². The smallest absolute Gasteiger partial charge is 0.314 e. The summed E-state index contributed by atoms with van der Waals surface area (Å²) in [6.07, 6.45) is 3.40. The fourth-order valence-corrected chi connectivity index (χ4v) is 2.15. The lowest BCUT2D eigenvalue weighted by Crippen LogP contribution is -2.38. The number of piperidine rings is 1. The molecule has 1 aromatic carbocycles. The van der Waals surface area contributed by atoms with E-state index in [1.807, 2.05) is 0 Å². The SMILES string of the molecule is COc1ccc(OCC2CCCCN2)c([N+](=O)[O-])c1. The Hall–Kier alpha value is -1.82. The Balaban J connectivity index is 2.04. The molecule has 1 N–H and O–H groups in total. The fraction of sp³-hybridized carbons (Fsp3) is 0.538. The Labute approximate surface area is 111 Å². The molecule has 0 aliphatic carbocycles. The van der Waals surface area contributed by atoms with Crippen molar-refractivity contribution in [1.29, 1.82) is 0 Å². The van der Waals surface area contributed by atoms with Crippen molar-refractivity contribution in [2.24, 2.45) is 0 Å². The molecule has 0 spiro atoms. The molecule has 6 heteroatoms. The van der Waals surface area contributed by atoms with E-state index in [9.17, 15) is 10.1 Å². The third kappa shape index (κ3) is 3.57. The summed E-state index contributed by atoms with van der Waals surface area (Å²) in [5, 5.41) is 14.3. The zero-order valence-electron chi connectivity index (χ0n) is 10.9. The minimum absolute atomic E-state index is 0.0600. The Kier molecular flexibility index (Phi) is 4.57. The van der Waals surface area contributed by atoms with Gasteiger partial charge in [-0.1, -0.05) is 6.42 Å². The second-order valence-electron chi connectivity index (χ2n) is 4.55. The Morgan fingerprint density at radius 3 is 2.95 bits per heavy atom. The number of hydrogen-bond donors (Lipinski definition) is 1. The number of benzene rings is 1. The highest BCUT2D eigenvalue weighted by Crippen LogP contribution is 2.31. The predicted octanol–water partition coefficient (Wildman–Crippen LogP) is 2.12. The van der Waals surface area contributed by atoms with Gasteiger partial charge in [-0.2, -0.15) is 0 Å². The van der Waals surface area contributed by atoms with Crippen LogP contribution in [0.1, 0.15) is 19.3 Å². The van der Waals surface area contributed by atoms with Crippen LogP contribution in [0.4, 0.5) is 5.69 Å². The van der Waals surface area contributed by atoms with Crippen molar-refractivity contribution in [3.8, 4) is 11.5 Å². The first-order chi connectivity index (χ1) is 9.20. The number of rotatable bonds is 5. The summed E-state index contributed by atoms with van der Waals surface area (Å²) in [6.45, 7) is 1.44. The maximum Gasteiger partial charge on any atom is 0.314 e. The molecule has 1 saturated heterocycles. The molecule has 0 bridgehead atoms. The van der Waals surface area contributed by atoms with Crippen molar-refractivity contribution in [2.75, 3.05) is 20.3 Å².